The maximum atomic E-state index is 14.9. The third-order valence-corrected chi connectivity index (χ3v) is 8.39. The van der Waals surface area contributed by atoms with Crippen molar-refractivity contribution in [3.63, 3.8) is 0 Å². The quantitative estimate of drug-likeness (QED) is 0.328. The van der Waals surface area contributed by atoms with Gasteiger partial charge in [-0.25, -0.2) is 4.90 Å². The topological polar surface area (TPSA) is 66.9 Å². The molecule has 3 heterocycles. The molecule has 0 aromatic heterocycles. The fraction of sp³-hybridized carbons (Fsp3) is 0.276. The SMILES string of the molecule is Cc1cc2c(c(C)c1C)N1C(=O)C3C=C(C(c4ccc5c(c4)C(=O)N(C)C5=O)(C(F)(F)F)C(F)(F)F)C=CC3=C1O2. The summed E-state index contributed by atoms with van der Waals surface area (Å²) in [6.45, 7) is 5.43. The van der Waals surface area contributed by atoms with Gasteiger partial charge in [0.25, 0.3) is 11.8 Å². The minimum atomic E-state index is -5.95. The molecule has 2 aromatic carbocycles. The summed E-state index contributed by atoms with van der Waals surface area (Å²) in [5.74, 6) is -3.70. The van der Waals surface area contributed by atoms with Crippen molar-refractivity contribution in [1.29, 1.82) is 0 Å². The molecule has 3 aliphatic heterocycles. The zero-order valence-corrected chi connectivity index (χ0v) is 21.9. The summed E-state index contributed by atoms with van der Waals surface area (Å²) in [4.78, 5) is 40.1. The van der Waals surface area contributed by atoms with E-state index in [1.807, 2.05) is 13.8 Å². The van der Waals surface area contributed by atoms with Crippen LogP contribution in [0.4, 0.5) is 32.0 Å². The van der Waals surface area contributed by atoms with Gasteiger partial charge in [-0.2, -0.15) is 26.3 Å². The standard InChI is InChI=1S/C29H20F6N2O4/c1-12-9-21-22(14(3)13(12)2)37-25(40)20-11-16(6-8-18(20)26(37)41-21)27(28(30,31)32,29(33,34)35)15-5-7-17-19(10-15)24(39)36(4)23(17)38/h5-11,20H,1-4H3. The van der Waals surface area contributed by atoms with Crippen molar-refractivity contribution in [2.75, 3.05) is 11.9 Å². The summed E-state index contributed by atoms with van der Waals surface area (Å²) < 4.78 is 95.0. The van der Waals surface area contributed by atoms with Crippen LogP contribution in [0.15, 0.2) is 59.5 Å². The third kappa shape index (κ3) is 3.24. The molecule has 4 aliphatic rings. The van der Waals surface area contributed by atoms with Gasteiger partial charge in [0.15, 0.2) is 5.75 Å². The van der Waals surface area contributed by atoms with Gasteiger partial charge in [-0.05, 0) is 66.8 Å². The van der Waals surface area contributed by atoms with E-state index in [9.17, 15) is 40.7 Å². The molecule has 41 heavy (non-hydrogen) atoms. The maximum Gasteiger partial charge on any atom is 0.411 e. The van der Waals surface area contributed by atoms with Crippen LogP contribution in [0.2, 0.25) is 0 Å². The number of allylic oxidation sites excluding steroid dienone is 3. The lowest BCUT2D eigenvalue weighted by Crippen LogP contribution is -2.55. The van der Waals surface area contributed by atoms with Crippen molar-refractivity contribution in [2.45, 2.75) is 38.5 Å². The number of amides is 3. The number of rotatable bonds is 2. The molecule has 0 spiro atoms. The molecule has 1 aliphatic carbocycles. The Balaban J connectivity index is 1.53. The molecule has 0 bridgehead atoms. The van der Waals surface area contributed by atoms with Crippen molar-refractivity contribution in [3.05, 3.63) is 92.9 Å². The Morgan fingerprint density at radius 3 is 2.10 bits per heavy atom. The van der Waals surface area contributed by atoms with Crippen molar-refractivity contribution in [2.24, 2.45) is 5.92 Å². The lowest BCUT2D eigenvalue weighted by atomic mass is 9.69. The van der Waals surface area contributed by atoms with E-state index in [0.717, 1.165) is 30.3 Å². The molecule has 12 heteroatoms. The summed E-state index contributed by atoms with van der Waals surface area (Å²) in [5, 5.41) is 0. The maximum absolute atomic E-state index is 14.9. The molecule has 2 aromatic rings. The highest BCUT2D eigenvalue weighted by Gasteiger charge is 2.73. The van der Waals surface area contributed by atoms with Gasteiger partial charge in [-0.15, -0.1) is 0 Å². The highest BCUT2D eigenvalue weighted by atomic mass is 19.4. The molecular weight excluding hydrogens is 554 g/mol. The average Bonchev–Trinajstić information content (AvgIpc) is 3.46. The van der Waals surface area contributed by atoms with E-state index >= 15 is 0 Å². The summed E-state index contributed by atoms with van der Waals surface area (Å²) in [5.41, 5.74) is -5.06. The number of anilines is 1. The second kappa shape index (κ2) is 8.11. The first-order chi connectivity index (χ1) is 19.0. The van der Waals surface area contributed by atoms with Crippen LogP contribution in [-0.2, 0) is 10.2 Å². The zero-order valence-electron chi connectivity index (χ0n) is 21.9. The molecule has 0 fully saturated rings. The lowest BCUT2D eigenvalue weighted by molar-refractivity contribution is -0.289. The van der Waals surface area contributed by atoms with Gasteiger partial charge in [0.05, 0.1) is 22.7 Å². The fourth-order valence-corrected chi connectivity index (χ4v) is 6.02. The molecule has 6 rings (SSSR count). The fourth-order valence-electron chi connectivity index (χ4n) is 6.02. The van der Waals surface area contributed by atoms with Crippen molar-refractivity contribution < 1.29 is 45.5 Å². The monoisotopic (exact) mass is 574 g/mol. The molecule has 0 N–H and O–H groups in total. The number of carbonyl (C=O) groups excluding carboxylic acids is 3. The summed E-state index contributed by atoms with van der Waals surface area (Å²) in [7, 11) is 1.08. The second-order valence-electron chi connectivity index (χ2n) is 10.4. The summed E-state index contributed by atoms with van der Waals surface area (Å²) in [6, 6.07) is 3.52. The number of aryl methyl sites for hydroxylation is 1. The summed E-state index contributed by atoms with van der Waals surface area (Å²) in [6.07, 6.45) is -9.53. The van der Waals surface area contributed by atoms with Crippen LogP contribution < -0.4 is 9.64 Å². The molecule has 6 nitrogen and oxygen atoms in total. The lowest BCUT2D eigenvalue weighted by Gasteiger charge is -2.40. The van der Waals surface area contributed by atoms with Gasteiger partial charge in [-0.3, -0.25) is 19.3 Å². The first kappa shape index (κ1) is 26.9. The largest absolute Gasteiger partial charge is 0.438 e. The van der Waals surface area contributed by atoms with Crippen molar-refractivity contribution in [3.8, 4) is 5.75 Å². The minimum Gasteiger partial charge on any atom is -0.438 e. The Hall–Kier alpha value is -4.35. The Labute approximate surface area is 229 Å². The number of ether oxygens (including phenoxy) is 1. The minimum absolute atomic E-state index is 0.0314. The van der Waals surface area contributed by atoms with E-state index in [-0.39, 0.29) is 17.0 Å². The van der Waals surface area contributed by atoms with Crippen LogP contribution >= 0.6 is 0 Å². The van der Waals surface area contributed by atoms with Crippen LogP contribution in [0, 0.1) is 26.7 Å². The highest BCUT2D eigenvalue weighted by molar-refractivity contribution is 6.21. The smallest absolute Gasteiger partial charge is 0.411 e. The molecule has 0 radical (unpaired) electrons. The number of fused-ring (bicyclic) bond motifs is 5. The first-order valence-electron chi connectivity index (χ1n) is 12.4. The molecule has 3 amide bonds. The van der Waals surface area contributed by atoms with E-state index in [2.05, 4.69) is 0 Å². The number of benzene rings is 2. The van der Waals surface area contributed by atoms with E-state index < -0.39 is 58.1 Å². The van der Waals surface area contributed by atoms with E-state index in [1.165, 1.54) is 4.90 Å². The second-order valence-corrected chi connectivity index (χ2v) is 10.4. The number of alkyl halides is 6. The van der Waals surface area contributed by atoms with Crippen LogP contribution in [0.1, 0.15) is 43.0 Å². The number of nitrogens with zero attached hydrogens (tertiary/aromatic N) is 2. The third-order valence-electron chi connectivity index (χ3n) is 8.39. The Morgan fingerprint density at radius 2 is 1.46 bits per heavy atom. The van der Waals surface area contributed by atoms with Gasteiger partial charge in [-0.1, -0.05) is 24.3 Å². The average molecular weight is 574 g/mol. The van der Waals surface area contributed by atoms with E-state index in [1.54, 1.807) is 13.0 Å². The van der Waals surface area contributed by atoms with Crippen molar-refractivity contribution in [1.82, 2.24) is 4.90 Å². The van der Waals surface area contributed by atoms with E-state index in [0.29, 0.717) is 46.2 Å². The number of imide groups is 1. The first-order valence-corrected chi connectivity index (χ1v) is 12.4. The number of carbonyl (C=O) groups is 3. The van der Waals surface area contributed by atoms with Crippen LogP contribution in [0.5, 0.6) is 5.75 Å². The molecular formula is C29H20F6N2O4. The molecule has 0 saturated heterocycles. The zero-order chi connectivity index (χ0) is 30.0. The van der Waals surface area contributed by atoms with Crippen LogP contribution in [0.25, 0.3) is 0 Å². The van der Waals surface area contributed by atoms with E-state index in [4.69, 9.17) is 4.74 Å². The Morgan fingerprint density at radius 1 is 0.829 bits per heavy atom. The normalized spacial score (nSPS) is 19.9. The molecule has 0 saturated carbocycles. The molecule has 1 atom stereocenters. The van der Waals surface area contributed by atoms with Crippen LogP contribution in [0.3, 0.4) is 0 Å². The predicted molar refractivity (Wildman–Crippen MR) is 133 cm³/mol. The van der Waals surface area contributed by atoms with Gasteiger partial charge < -0.3 is 4.74 Å². The Bertz CT molecular complexity index is 1700. The molecule has 212 valence electrons. The number of hydrogen-bond donors (Lipinski definition) is 0. The van der Waals surface area contributed by atoms with Gasteiger partial charge in [0.1, 0.15) is 0 Å². The Kier molecular flexibility index (Phi) is 5.31. The number of halogens is 6. The van der Waals surface area contributed by atoms with Gasteiger partial charge in [0.2, 0.25) is 17.2 Å². The highest BCUT2D eigenvalue weighted by Crippen LogP contribution is 2.59. The predicted octanol–water partition coefficient (Wildman–Crippen LogP) is 5.96. The summed E-state index contributed by atoms with van der Waals surface area (Å²) >= 11 is 0. The van der Waals surface area contributed by atoms with Gasteiger partial charge >= 0.3 is 12.4 Å². The number of hydrogen-bond acceptors (Lipinski definition) is 4. The van der Waals surface area contributed by atoms with Gasteiger partial charge in [0, 0.05) is 12.6 Å². The molecule has 1 unspecified atom stereocenters. The van der Waals surface area contributed by atoms with Crippen molar-refractivity contribution >= 4 is 23.4 Å². The van der Waals surface area contributed by atoms with Crippen LogP contribution in [-0.4, -0.2) is 42.0 Å².